The van der Waals surface area contributed by atoms with E-state index < -0.39 is 5.97 Å². The Morgan fingerprint density at radius 3 is 1.96 bits per heavy atom. The molecule has 0 bridgehead atoms. The van der Waals surface area contributed by atoms with Crippen molar-refractivity contribution in [1.29, 1.82) is 0 Å². The van der Waals surface area contributed by atoms with Gasteiger partial charge in [0.1, 0.15) is 5.82 Å². The van der Waals surface area contributed by atoms with Crippen molar-refractivity contribution in [1.82, 2.24) is 0 Å². The molecular weight excluding hydrogens is 307 g/mol. The van der Waals surface area contributed by atoms with E-state index in [0.717, 1.165) is 24.0 Å². The van der Waals surface area contributed by atoms with Gasteiger partial charge in [0.25, 0.3) is 0 Å². The van der Waals surface area contributed by atoms with Crippen molar-refractivity contribution in [2.45, 2.75) is 32.7 Å². The third kappa shape index (κ3) is 3.51. The average molecular weight is 330 g/mol. The maximum atomic E-state index is 13.0. The predicted molar refractivity (Wildman–Crippen MR) is 90.7 cm³/mol. The Morgan fingerprint density at radius 2 is 1.46 bits per heavy atom. The van der Waals surface area contributed by atoms with Crippen LogP contribution in [-0.2, 0) is 15.4 Å². The van der Waals surface area contributed by atoms with E-state index in [1.165, 1.54) is 12.1 Å². The van der Waals surface area contributed by atoms with Crippen molar-refractivity contribution in [3.63, 3.8) is 0 Å². The molecule has 0 saturated carbocycles. The largest absolute Gasteiger partial charge is 0.339 e. The van der Waals surface area contributed by atoms with Gasteiger partial charge in [-0.1, -0.05) is 56.7 Å². The lowest BCUT2D eigenvalue weighted by Gasteiger charge is -2.41. The maximum Gasteiger partial charge on any atom is 0.309 e. The van der Waals surface area contributed by atoms with Gasteiger partial charge in [-0.05, 0) is 29.7 Å². The first-order valence-electron chi connectivity index (χ1n) is 8.31. The van der Waals surface area contributed by atoms with Crippen LogP contribution in [0.3, 0.4) is 0 Å². The Bertz CT molecular complexity index is 671. The van der Waals surface area contributed by atoms with Gasteiger partial charge in [0.2, 0.25) is 0 Å². The average Bonchev–Trinajstić information content (AvgIpc) is 2.59. The second-order valence-electron chi connectivity index (χ2n) is 6.80. The van der Waals surface area contributed by atoms with E-state index in [1.807, 2.05) is 12.1 Å². The first-order valence-corrected chi connectivity index (χ1v) is 8.31. The smallest absolute Gasteiger partial charge is 0.309 e. The molecule has 0 atom stereocenters. The van der Waals surface area contributed by atoms with E-state index in [0.29, 0.717) is 18.8 Å². The van der Waals surface area contributed by atoms with Gasteiger partial charge in [0.15, 0.2) is 0 Å². The Balaban J connectivity index is 1.75. The molecule has 0 spiro atoms. The lowest BCUT2D eigenvalue weighted by molar-refractivity contribution is -0.414. The Kier molecular flexibility index (Phi) is 4.72. The van der Waals surface area contributed by atoms with E-state index in [2.05, 4.69) is 13.8 Å². The van der Waals surface area contributed by atoms with Gasteiger partial charge in [0, 0.05) is 11.0 Å². The number of halogens is 1. The van der Waals surface area contributed by atoms with E-state index in [1.54, 1.807) is 24.3 Å². The lowest BCUT2D eigenvalue weighted by atomic mass is 9.86. The van der Waals surface area contributed by atoms with Crippen LogP contribution in [0.2, 0.25) is 0 Å². The molecule has 1 aliphatic rings. The van der Waals surface area contributed by atoms with Crippen LogP contribution < -0.4 is 0 Å². The standard InChI is InChI=1S/C20H23FO3/c1-3-12-19(2)13-23-20(22,24-14-19)17-8-4-15(5-9-17)16-6-10-18(21)11-7-16/h4-11,22H,3,12-14H2,1-2H3. The topological polar surface area (TPSA) is 38.7 Å². The van der Waals surface area contributed by atoms with E-state index in [9.17, 15) is 9.50 Å². The summed E-state index contributed by atoms with van der Waals surface area (Å²) < 4.78 is 24.3. The van der Waals surface area contributed by atoms with Gasteiger partial charge in [-0.15, -0.1) is 0 Å². The third-order valence-corrected chi connectivity index (χ3v) is 4.51. The van der Waals surface area contributed by atoms with E-state index >= 15 is 0 Å². The number of ether oxygens (including phenoxy) is 2. The molecular formula is C20H23FO3. The van der Waals surface area contributed by atoms with Crippen molar-refractivity contribution in [3.8, 4) is 11.1 Å². The van der Waals surface area contributed by atoms with Crippen LogP contribution in [0.1, 0.15) is 32.3 Å². The molecule has 0 aliphatic carbocycles. The van der Waals surface area contributed by atoms with Crippen LogP contribution in [0.5, 0.6) is 0 Å². The molecule has 2 aromatic carbocycles. The van der Waals surface area contributed by atoms with E-state index in [4.69, 9.17) is 9.47 Å². The highest BCUT2D eigenvalue weighted by atomic mass is 19.1. The zero-order valence-corrected chi connectivity index (χ0v) is 14.1. The zero-order chi connectivity index (χ0) is 17.2. The van der Waals surface area contributed by atoms with Gasteiger partial charge < -0.3 is 14.6 Å². The van der Waals surface area contributed by atoms with Gasteiger partial charge in [-0.2, -0.15) is 0 Å². The number of hydrogen-bond acceptors (Lipinski definition) is 3. The molecule has 24 heavy (non-hydrogen) atoms. The summed E-state index contributed by atoms with van der Waals surface area (Å²) >= 11 is 0. The number of hydrogen-bond donors (Lipinski definition) is 1. The highest BCUT2D eigenvalue weighted by Crippen LogP contribution is 2.37. The summed E-state index contributed by atoms with van der Waals surface area (Å²) in [6.45, 7) is 5.14. The summed E-state index contributed by atoms with van der Waals surface area (Å²) in [5, 5.41) is 10.6. The molecule has 0 amide bonds. The van der Waals surface area contributed by atoms with Crippen LogP contribution in [0, 0.1) is 11.2 Å². The van der Waals surface area contributed by atoms with Crippen molar-refractivity contribution >= 4 is 0 Å². The molecule has 128 valence electrons. The molecule has 0 radical (unpaired) electrons. The summed E-state index contributed by atoms with van der Waals surface area (Å²) in [6, 6.07) is 13.6. The van der Waals surface area contributed by atoms with Crippen molar-refractivity contribution in [2.75, 3.05) is 13.2 Å². The van der Waals surface area contributed by atoms with Crippen molar-refractivity contribution in [3.05, 3.63) is 59.9 Å². The Morgan fingerprint density at radius 1 is 0.958 bits per heavy atom. The summed E-state index contributed by atoms with van der Waals surface area (Å²) in [5.41, 5.74) is 2.35. The molecule has 1 N–H and O–H groups in total. The number of aliphatic hydroxyl groups is 1. The van der Waals surface area contributed by atoms with Crippen LogP contribution in [0.15, 0.2) is 48.5 Å². The van der Waals surface area contributed by atoms with Gasteiger partial charge in [0.05, 0.1) is 13.2 Å². The highest BCUT2D eigenvalue weighted by molar-refractivity contribution is 5.63. The normalized spacial score (nSPS) is 27.2. The molecule has 0 unspecified atom stereocenters. The summed E-state index contributed by atoms with van der Waals surface area (Å²) in [7, 11) is 0. The zero-order valence-electron chi connectivity index (χ0n) is 14.1. The number of rotatable bonds is 4. The van der Waals surface area contributed by atoms with Gasteiger partial charge in [-0.3, -0.25) is 0 Å². The SMILES string of the molecule is CCCC1(C)COC(O)(c2ccc(-c3ccc(F)cc3)cc2)OC1. The third-order valence-electron chi connectivity index (χ3n) is 4.51. The molecule has 1 heterocycles. The Hall–Kier alpha value is -1.75. The van der Waals surface area contributed by atoms with E-state index in [-0.39, 0.29) is 11.2 Å². The second-order valence-corrected chi connectivity index (χ2v) is 6.80. The Labute approximate surface area is 142 Å². The van der Waals surface area contributed by atoms with Crippen molar-refractivity contribution in [2.24, 2.45) is 5.41 Å². The van der Waals surface area contributed by atoms with Gasteiger partial charge >= 0.3 is 5.97 Å². The van der Waals surface area contributed by atoms with Crippen LogP contribution >= 0.6 is 0 Å². The minimum Gasteiger partial charge on any atom is -0.339 e. The lowest BCUT2D eigenvalue weighted by Crippen LogP contribution is -2.46. The summed E-state index contributed by atoms with van der Waals surface area (Å²) in [4.78, 5) is 0. The molecule has 1 fully saturated rings. The first kappa shape index (κ1) is 17.1. The molecule has 1 aliphatic heterocycles. The molecule has 4 heteroatoms. The molecule has 2 aromatic rings. The second kappa shape index (κ2) is 6.63. The fraction of sp³-hybridized carbons (Fsp3) is 0.400. The first-order chi connectivity index (χ1) is 11.4. The monoisotopic (exact) mass is 330 g/mol. The predicted octanol–water partition coefficient (Wildman–Crippen LogP) is 4.45. The van der Waals surface area contributed by atoms with Crippen LogP contribution in [0.4, 0.5) is 4.39 Å². The summed E-state index contributed by atoms with van der Waals surface area (Å²) in [5.74, 6) is -1.96. The minimum absolute atomic E-state index is 0.0605. The summed E-state index contributed by atoms with van der Waals surface area (Å²) in [6.07, 6.45) is 2.04. The quantitative estimate of drug-likeness (QED) is 0.900. The maximum absolute atomic E-state index is 13.0. The molecule has 3 rings (SSSR count). The fourth-order valence-corrected chi connectivity index (χ4v) is 3.06. The van der Waals surface area contributed by atoms with Gasteiger partial charge in [-0.25, -0.2) is 4.39 Å². The fourth-order valence-electron chi connectivity index (χ4n) is 3.06. The number of benzene rings is 2. The molecule has 0 aromatic heterocycles. The minimum atomic E-state index is -1.70. The molecule has 1 saturated heterocycles. The van der Waals surface area contributed by atoms with Crippen molar-refractivity contribution < 1.29 is 19.0 Å². The van der Waals surface area contributed by atoms with Crippen LogP contribution in [-0.4, -0.2) is 18.3 Å². The molecule has 3 nitrogen and oxygen atoms in total. The van der Waals surface area contributed by atoms with Crippen LogP contribution in [0.25, 0.3) is 11.1 Å². The highest BCUT2D eigenvalue weighted by Gasteiger charge is 2.42.